The number of pyridine rings is 1. The summed E-state index contributed by atoms with van der Waals surface area (Å²) in [5.74, 6) is 0.292. The van der Waals surface area contributed by atoms with Crippen molar-refractivity contribution < 1.29 is 4.79 Å². The van der Waals surface area contributed by atoms with Crippen LogP contribution in [0.25, 0.3) is 0 Å². The number of carbonyl (C=O) groups is 1. The van der Waals surface area contributed by atoms with Crippen LogP contribution in [-0.2, 0) is 0 Å². The second-order valence-corrected chi connectivity index (χ2v) is 4.04. The van der Waals surface area contributed by atoms with E-state index in [0.29, 0.717) is 11.3 Å². The third-order valence-corrected chi connectivity index (χ3v) is 2.87. The molecule has 2 rings (SSSR count). The highest BCUT2D eigenvalue weighted by atomic mass is 16.1. The fourth-order valence-corrected chi connectivity index (χ4v) is 1.96. The monoisotopic (exact) mass is 220 g/mol. The number of carbonyl (C=O) groups excluding carboxylic acids is 1. The van der Waals surface area contributed by atoms with E-state index in [0.717, 1.165) is 31.7 Å². The summed E-state index contributed by atoms with van der Waals surface area (Å²) in [6.45, 7) is 1.96. The van der Waals surface area contributed by atoms with Crippen LogP contribution >= 0.6 is 0 Å². The summed E-state index contributed by atoms with van der Waals surface area (Å²) < 4.78 is 0. The first-order chi connectivity index (χ1) is 7.68. The number of nitrogen functional groups attached to an aromatic ring is 1. The highest BCUT2D eigenvalue weighted by Crippen LogP contribution is 2.21. The first kappa shape index (κ1) is 10.7. The van der Waals surface area contributed by atoms with E-state index in [1.165, 1.54) is 12.6 Å². The third kappa shape index (κ3) is 2.08. The van der Waals surface area contributed by atoms with Crippen LogP contribution in [0, 0.1) is 0 Å². The van der Waals surface area contributed by atoms with Crippen molar-refractivity contribution in [1.82, 2.24) is 4.98 Å². The molecule has 1 aliphatic heterocycles. The number of nitrogens with two attached hydrogens (primary N) is 2. The summed E-state index contributed by atoms with van der Waals surface area (Å²) in [6.07, 6.45) is 5.09. The summed E-state index contributed by atoms with van der Waals surface area (Å²) in [5.41, 5.74) is 11.6. The maximum atomic E-state index is 11.2. The molecule has 0 radical (unpaired) electrons. The van der Waals surface area contributed by atoms with E-state index >= 15 is 0 Å². The Hall–Kier alpha value is -1.78. The number of aromatic nitrogens is 1. The maximum absolute atomic E-state index is 11.2. The van der Waals surface area contributed by atoms with Crippen molar-refractivity contribution in [2.24, 2.45) is 5.73 Å². The molecule has 2 heterocycles. The lowest BCUT2D eigenvalue weighted by atomic mass is 10.1. The number of primary amides is 1. The predicted molar refractivity (Wildman–Crippen MR) is 63.2 cm³/mol. The van der Waals surface area contributed by atoms with Gasteiger partial charge in [-0.2, -0.15) is 0 Å². The molecule has 1 amide bonds. The lowest BCUT2D eigenvalue weighted by molar-refractivity contribution is 0.100. The van der Waals surface area contributed by atoms with Gasteiger partial charge in [0, 0.05) is 13.1 Å². The van der Waals surface area contributed by atoms with Gasteiger partial charge in [-0.1, -0.05) is 0 Å². The van der Waals surface area contributed by atoms with Crippen LogP contribution in [0.15, 0.2) is 12.3 Å². The second kappa shape index (κ2) is 4.38. The Kier molecular flexibility index (Phi) is 2.94. The van der Waals surface area contributed by atoms with Crippen LogP contribution in [0.4, 0.5) is 11.5 Å². The molecule has 0 aliphatic carbocycles. The summed E-state index contributed by atoms with van der Waals surface area (Å²) >= 11 is 0. The van der Waals surface area contributed by atoms with Crippen molar-refractivity contribution in [3.05, 3.63) is 17.8 Å². The SMILES string of the molecule is NC(=O)c1cc(N2CCCCC2)ncc1N. The zero-order chi connectivity index (χ0) is 11.5. The van der Waals surface area contributed by atoms with Gasteiger partial charge in [0.2, 0.25) is 0 Å². The normalized spacial score (nSPS) is 16.1. The van der Waals surface area contributed by atoms with Gasteiger partial charge in [0.05, 0.1) is 17.4 Å². The van der Waals surface area contributed by atoms with E-state index < -0.39 is 5.91 Å². The van der Waals surface area contributed by atoms with Crippen molar-refractivity contribution in [2.75, 3.05) is 23.7 Å². The lowest BCUT2D eigenvalue weighted by Crippen LogP contribution is -2.30. The summed E-state index contributed by atoms with van der Waals surface area (Å²) in [7, 11) is 0. The first-order valence-electron chi connectivity index (χ1n) is 5.49. The number of anilines is 2. The van der Waals surface area contributed by atoms with Crippen molar-refractivity contribution in [3.63, 3.8) is 0 Å². The highest BCUT2D eigenvalue weighted by molar-refractivity contribution is 5.98. The van der Waals surface area contributed by atoms with Crippen LogP contribution < -0.4 is 16.4 Å². The molecule has 1 aromatic heterocycles. The first-order valence-corrected chi connectivity index (χ1v) is 5.49. The van der Waals surface area contributed by atoms with Crippen LogP contribution in [0.1, 0.15) is 29.6 Å². The molecule has 1 aromatic rings. The number of rotatable bonds is 2. The fourth-order valence-electron chi connectivity index (χ4n) is 1.96. The zero-order valence-electron chi connectivity index (χ0n) is 9.15. The van der Waals surface area contributed by atoms with E-state index in [1.54, 1.807) is 6.07 Å². The smallest absolute Gasteiger partial charge is 0.250 e. The van der Waals surface area contributed by atoms with Crippen molar-refractivity contribution >= 4 is 17.4 Å². The number of nitrogens with zero attached hydrogens (tertiary/aromatic N) is 2. The molecule has 1 aliphatic rings. The standard InChI is InChI=1S/C11H16N4O/c12-9-7-14-10(6-8(9)11(13)16)15-4-2-1-3-5-15/h6-7H,1-5,12H2,(H2,13,16). The minimum atomic E-state index is -0.502. The topological polar surface area (TPSA) is 85.2 Å². The molecule has 0 atom stereocenters. The Balaban J connectivity index is 2.27. The van der Waals surface area contributed by atoms with E-state index in [9.17, 15) is 4.79 Å². The van der Waals surface area contributed by atoms with Gasteiger partial charge in [0.1, 0.15) is 5.82 Å². The molecule has 1 fully saturated rings. The average molecular weight is 220 g/mol. The van der Waals surface area contributed by atoms with E-state index in [4.69, 9.17) is 11.5 Å². The summed E-state index contributed by atoms with van der Waals surface area (Å²) in [6, 6.07) is 1.68. The third-order valence-electron chi connectivity index (χ3n) is 2.87. The van der Waals surface area contributed by atoms with Crippen LogP contribution in [0.3, 0.4) is 0 Å². The molecule has 86 valence electrons. The number of piperidine rings is 1. The predicted octanol–water partition coefficient (Wildman–Crippen LogP) is 0.753. The Bertz CT molecular complexity index is 399. The van der Waals surface area contributed by atoms with Crippen molar-refractivity contribution in [1.29, 1.82) is 0 Å². The van der Waals surface area contributed by atoms with Crippen molar-refractivity contribution in [2.45, 2.75) is 19.3 Å². The number of hydrogen-bond donors (Lipinski definition) is 2. The van der Waals surface area contributed by atoms with Gasteiger partial charge in [-0.15, -0.1) is 0 Å². The molecular formula is C11H16N4O. The maximum Gasteiger partial charge on any atom is 0.250 e. The van der Waals surface area contributed by atoms with Crippen LogP contribution in [-0.4, -0.2) is 24.0 Å². The van der Waals surface area contributed by atoms with Gasteiger partial charge in [-0.05, 0) is 25.3 Å². The molecule has 5 nitrogen and oxygen atoms in total. The largest absolute Gasteiger partial charge is 0.397 e. The van der Waals surface area contributed by atoms with E-state index in [1.807, 2.05) is 0 Å². The van der Waals surface area contributed by atoms with Gasteiger partial charge in [-0.3, -0.25) is 4.79 Å². The molecule has 0 saturated carbocycles. The van der Waals surface area contributed by atoms with Gasteiger partial charge in [0.25, 0.3) is 5.91 Å². The van der Waals surface area contributed by atoms with Gasteiger partial charge < -0.3 is 16.4 Å². The average Bonchev–Trinajstić information content (AvgIpc) is 2.30. The zero-order valence-corrected chi connectivity index (χ0v) is 9.15. The molecule has 5 heteroatoms. The molecule has 0 spiro atoms. The molecule has 4 N–H and O–H groups in total. The summed E-state index contributed by atoms with van der Waals surface area (Å²) in [4.78, 5) is 17.6. The molecule has 0 unspecified atom stereocenters. The van der Waals surface area contributed by atoms with Crippen LogP contribution in [0.2, 0.25) is 0 Å². The lowest BCUT2D eigenvalue weighted by Gasteiger charge is -2.27. The Morgan fingerprint density at radius 1 is 1.31 bits per heavy atom. The molecular weight excluding hydrogens is 204 g/mol. The van der Waals surface area contributed by atoms with E-state index in [2.05, 4.69) is 9.88 Å². The summed E-state index contributed by atoms with van der Waals surface area (Å²) in [5, 5.41) is 0. The fraction of sp³-hybridized carbons (Fsp3) is 0.455. The molecule has 1 saturated heterocycles. The number of hydrogen-bond acceptors (Lipinski definition) is 4. The Morgan fingerprint density at radius 3 is 2.62 bits per heavy atom. The molecule has 0 bridgehead atoms. The highest BCUT2D eigenvalue weighted by Gasteiger charge is 2.15. The van der Waals surface area contributed by atoms with E-state index in [-0.39, 0.29) is 0 Å². The van der Waals surface area contributed by atoms with Crippen LogP contribution in [0.5, 0.6) is 0 Å². The minimum absolute atomic E-state index is 0.341. The van der Waals surface area contributed by atoms with Gasteiger partial charge in [-0.25, -0.2) is 4.98 Å². The van der Waals surface area contributed by atoms with Crippen molar-refractivity contribution in [3.8, 4) is 0 Å². The molecule has 0 aromatic carbocycles. The van der Waals surface area contributed by atoms with Gasteiger partial charge in [0.15, 0.2) is 0 Å². The number of amides is 1. The Labute approximate surface area is 94.4 Å². The Morgan fingerprint density at radius 2 is 2.00 bits per heavy atom. The second-order valence-electron chi connectivity index (χ2n) is 4.04. The minimum Gasteiger partial charge on any atom is -0.397 e. The molecule has 16 heavy (non-hydrogen) atoms. The van der Waals surface area contributed by atoms with Gasteiger partial charge >= 0.3 is 0 Å². The quantitative estimate of drug-likeness (QED) is 0.770.